The van der Waals surface area contributed by atoms with Gasteiger partial charge in [-0.1, -0.05) is 33.6 Å². The molecular weight excluding hydrogens is 168 g/mol. The van der Waals surface area contributed by atoms with Crippen LogP contribution in [0.5, 0.6) is 0 Å². The van der Waals surface area contributed by atoms with E-state index in [1.54, 1.807) is 0 Å². The molecule has 1 unspecified atom stereocenters. The number of rotatable bonds is 5. The van der Waals surface area contributed by atoms with Gasteiger partial charge in [-0.05, 0) is 18.8 Å². The number of unbranched alkanes of at least 4 members (excludes halogenated alkanes) is 1. The maximum absolute atomic E-state index is 10.0. The number of thiol groups is 1. The van der Waals surface area contributed by atoms with E-state index in [1.807, 2.05) is 6.92 Å². The highest BCUT2D eigenvalue weighted by atomic mass is 32.1. The Morgan fingerprint density at radius 1 is 1.25 bits per heavy atom. The quantitative estimate of drug-likeness (QED) is 0.639. The molecule has 0 aromatic rings. The largest absolute Gasteiger partial charge is 0.389 e. The van der Waals surface area contributed by atoms with Gasteiger partial charge >= 0.3 is 0 Å². The first-order chi connectivity index (χ1) is 5.37. The van der Waals surface area contributed by atoms with E-state index in [1.165, 1.54) is 12.8 Å². The molecule has 0 aliphatic rings. The van der Waals surface area contributed by atoms with Crippen LogP contribution in [0.25, 0.3) is 0 Å². The van der Waals surface area contributed by atoms with Gasteiger partial charge in [-0.25, -0.2) is 0 Å². The summed E-state index contributed by atoms with van der Waals surface area (Å²) in [6, 6.07) is 0. The van der Waals surface area contributed by atoms with Crippen molar-refractivity contribution < 1.29 is 5.11 Å². The number of aliphatic hydroxyl groups is 1. The summed E-state index contributed by atoms with van der Waals surface area (Å²) in [6.07, 6.45) is 3.43. The lowest BCUT2D eigenvalue weighted by Gasteiger charge is -2.39. The summed E-state index contributed by atoms with van der Waals surface area (Å²) < 4.78 is 0. The van der Waals surface area contributed by atoms with E-state index in [9.17, 15) is 5.11 Å². The zero-order valence-electron chi connectivity index (χ0n) is 8.72. The van der Waals surface area contributed by atoms with E-state index >= 15 is 0 Å². The van der Waals surface area contributed by atoms with Crippen molar-refractivity contribution in [3.05, 3.63) is 0 Å². The van der Waals surface area contributed by atoms with E-state index in [0.29, 0.717) is 5.75 Å². The van der Waals surface area contributed by atoms with Crippen LogP contribution in [0.3, 0.4) is 0 Å². The molecule has 0 rings (SSSR count). The highest BCUT2D eigenvalue weighted by Crippen LogP contribution is 2.36. The molecule has 0 aromatic heterocycles. The summed E-state index contributed by atoms with van der Waals surface area (Å²) in [5, 5.41) is 10.0. The summed E-state index contributed by atoms with van der Waals surface area (Å²) >= 11 is 4.17. The van der Waals surface area contributed by atoms with Gasteiger partial charge in [0.15, 0.2) is 0 Å². The highest BCUT2D eigenvalue weighted by Gasteiger charge is 2.37. The first kappa shape index (κ1) is 12.3. The van der Waals surface area contributed by atoms with Crippen molar-refractivity contribution in [3.8, 4) is 0 Å². The third-order valence-electron chi connectivity index (χ3n) is 2.92. The molecule has 0 saturated carbocycles. The number of hydrogen-bond donors (Lipinski definition) is 2. The van der Waals surface area contributed by atoms with Crippen LogP contribution in [0.15, 0.2) is 0 Å². The minimum absolute atomic E-state index is 0.0231. The average Bonchev–Trinajstić information content (AvgIpc) is 2.00. The molecular formula is C10H22OS. The van der Waals surface area contributed by atoms with Crippen LogP contribution in [0.1, 0.15) is 47.0 Å². The minimum atomic E-state index is -0.648. The van der Waals surface area contributed by atoms with Crippen LogP contribution in [-0.4, -0.2) is 16.5 Å². The molecule has 1 atom stereocenters. The maximum Gasteiger partial charge on any atom is 0.0757 e. The third-order valence-corrected chi connectivity index (χ3v) is 3.54. The fraction of sp³-hybridized carbons (Fsp3) is 1.00. The van der Waals surface area contributed by atoms with Crippen LogP contribution < -0.4 is 0 Å². The zero-order valence-corrected chi connectivity index (χ0v) is 9.62. The van der Waals surface area contributed by atoms with Gasteiger partial charge in [0.1, 0.15) is 0 Å². The third kappa shape index (κ3) is 2.98. The van der Waals surface area contributed by atoms with Crippen molar-refractivity contribution in [1.29, 1.82) is 0 Å². The second kappa shape index (κ2) is 4.52. The summed E-state index contributed by atoms with van der Waals surface area (Å²) in [6.45, 7) is 8.26. The molecule has 1 nitrogen and oxygen atoms in total. The van der Waals surface area contributed by atoms with Gasteiger partial charge in [-0.15, -0.1) is 0 Å². The molecule has 0 aromatic carbocycles. The molecule has 0 aliphatic carbocycles. The van der Waals surface area contributed by atoms with E-state index in [2.05, 4.69) is 33.4 Å². The molecule has 0 fully saturated rings. The topological polar surface area (TPSA) is 20.2 Å². The predicted octanol–water partition coefficient (Wildman–Crippen LogP) is 2.88. The molecule has 0 saturated heterocycles. The summed E-state index contributed by atoms with van der Waals surface area (Å²) in [4.78, 5) is 0. The minimum Gasteiger partial charge on any atom is -0.389 e. The summed E-state index contributed by atoms with van der Waals surface area (Å²) in [7, 11) is 0. The van der Waals surface area contributed by atoms with Gasteiger partial charge in [0.25, 0.3) is 0 Å². The molecule has 0 aliphatic heterocycles. The van der Waals surface area contributed by atoms with Crippen molar-refractivity contribution in [1.82, 2.24) is 0 Å². The highest BCUT2D eigenvalue weighted by molar-refractivity contribution is 7.80. The van der Waals surface area contributed by atoms with Crippen molar-refractivity contribution in [2.24, 2.45) is 5.41 Å². The van der Waals surface area contributed by atoms with Crippen molar-refractivity contribution in [2.45, 2.75) is 52.6 Å². The fourth-order valence-electron chi connectivity index (χ4n) is 1.10. The molecule has 74 valence electrons. The molecule has 0 radical (unpaired) electrons. The number of hydrogen-bond acceptors (Lipinski definition) is 2. The first-order valence-corrected chi connectivity index (χ1v) is 5.34. The van der Waals surface area contributed by atoms with Crippen LogP contribution in [0, 0.1) is 5.41 Å². The Morgan fingerprint density at radius 2 is 1.75 bits per heavy atom. The van der Waals surface area contributed by atoms with E-state index in [-0.39, 0.29) is 5.41 Å². The smallest absolute Gasteiger partial charge is 0.0757 e. The molecule has 0 heterocycles. The van der Waals surface area contributed by atoms with Gasteiger partial charge in [-0.2, -0.15) is 12.6 Å². The lowest BCUT2D eigenvalue weighted by Crippen LogP contribution is -2.43. The Kier molecular flexibility index (Phi) is 4.64. The van der Waals surface area contributed by atoms with E-state index in [0.717, 1.165) is 6.42 Å². The van der Waals surface area contributed by atoms with Crippen molar-refractivity contribution >= 4 is 12.6 Å². The normalized spacial score (nSPS) is 17.5. The van der Waals surface area contributed by atoms with Gasteiger partial charge in [0.2, 0.25) is 0 Å². The average molecular weight is 190 g/mol. The van der Waals surface area contributed by atoms with Crippen LogP contribution in [0.4, 0.5) is 0 Å². The second-order valence-electron chi connectivity index (χ2n) is 4.42. The van der Waals surface area contributed by atoms with Gasteiger partial charge < -0.3 is 5.11 Å². The molecule has 1 N–H and O–H groups in total. The summed E-state index contributed by atoms with van der Waals surface area (Å²) in [5.74, 6) is 0.531. The Labute approximate surface area is 82.0 Å². The molecule has 12 heavy (non-hydrogen) atoms. The Balaban J connectivity index is 4.17. The zero-order chi connectivity index (χ0) is 9.83. The standard InChI is InChI=1S/C10H22OS/c1-5-6-7-9(2,3)10(4,11)8-12/h11-12H,5-8H2,1-4H3. The fourth-order valence-corrected chi connectivity index (χ4v) is 1.53. The second-order valence-corrected chi connectivity index (χ2v) is 4.74. The maximum atomic E-state index is 10.0. The first-order valence-electron chi connectivity index (χ1n) is 4.70. The Morgan fingerprint density at radius 3 is 2.08 bits per heavy atom. The molecule has 0 amide bonds. The van der Waals surface area contributed by atoms with Crippen LogP contribution in [-0.2, 0) is 0 Å². The van der Waals surface area contributed by atoms with Crippen molar-refractivity contribution in [3.63, 3.8) is 0 Å². The van der Waals surface area contributed by atoms with E-state index < -0.39 is 5.60 Å². The monoisotopic (exact) mass is 190 g/mol. The van der Waals surface area contributed by atoms with Crippen LogP contribution >= 0.6 is 12.6 Å². The predicted molar refractivity (Wildman–Crippen MR) is 57.8 cm³/mol. The van der Waals surface area contributed by atoms with Gasteiger partial charge in [0.05, 0.1) is 5.60 Å². The van der Waals surface area contributed by atoms with Crippen LogP contribution in [0.2, 0.25) is 0 Å². The SMILES string of the molecule is CCCCC(C)(C)C(C)(O)CS. The molecule has 0 bridgehead atoms. The molecule has 0 spiro atoms. The van der Waals surface area contributed by atoms with E-state index in [4.69, 9.17) is 0 Å². The lowest BCUT2D eigenvalue weighted by molar-refractivity contribution is -0.0356. The Hall–Kier alpha value is 0.310. The summed E-state index contributed by atoms with van der Waals surface area (Å²) in [5.41, 5.74) is -0.671. The van der Waals surface area contributed by atoms with Gasteiger partial charge in [0, 0.05) is 5.75 Å². The Bertz CT molecular complexity index is 130. The van der Waals surface area contributed by atoms with Gasteiger partial charge in [-0.3, -0.25) is 0 Å². The van der Waals surface area contributed by atoms with Crippen molar-refractivity contribution in [2.75, 3.05) is 5.75 Å². The lowest BCUT2D eigenvalue weighted by atomic mass is 9.73. The molecule has 2 heteroatoms.